The van der Waals surface area contributed by atoms with Gasteiger partial charge in [-0.2, -0.15) is 0 Å². The van der Waals surface area contributed by atoms with Crippen LogP contribution in [0.15, 0.2) is 29.2 Å². The summed E-state index contributed by atoms with van der Waals surface area (Å²) in [5.41, 5.74) is 1.10. The molecule has 1 aromatic rings. The van der Waals surface area contributed by atoms with Crippen molar-refractivity contribution in [3.8, 4) is 0 Å². The van der Waals surface area contributed by atoms with E-state index in [9.17, 15) is 0 Å². The number of benzene rings is 1. The van der Waals surface area contributed by atoms with Crippen LogP contribution in [-0.4, -0.2) is 48.5 Å². The van der Waals surface area contributed by atoms with Crippen LogP contribution in [0.3, 0.4) is 0 Å². The monoisotopic (exact) mass is 364 g/mol. The molecule has 2 N–H and O–H groups in total. The fourth-order valence-electron chi connectivity index (χ4n) is 4.16. The Balaban J connectivity index is 1.49. The molecule has 0 aromatic heterocycles. The summed E-state index contributed by atoms with van der Waals surface area (Å²) in [5.74, 6) is 0. The fraction of sp³-hybridized carbons (Fsp3) is 0.632. The van der Waals surface area contributed by atoms with Crippen molar-refractivity contribution in [2.75, 3.05) is 31.7 Å². The molecule has 2 aliphatic rings. The van der Waals surface area contributed by atoms with E-state index in [-0.39, 0.29) is 0 Å². The van der Waals surface area contributed by atoms with Gasteiger partial charge in [-0.3, -0.25) is 0 Å². The van der Waals surface area contributed by atoms with E-state index in [1.165, 1.54) is 43.4 Å². The molecule has 0 bridgehead atoms. The minimum absolute atomic E-state index is 0.812. The lowest BCUT2D eigenvalue weighted by Gasteiger charge is -2.38. The highest BCUT2D eigenvalue weighted by atomic mass is 32.2. The molecule has 132 valence electrons. The molecule has 1 aromatic carbocycles. The SMILES string of the molecule is CSc1cccc(NC(=S)N2CCC([NH+](C)C3CCCC3)CC2)c1. The first-order valence-corrected chi connectivity index (χ1v) is 10.8. The Morgan fingerprint density at radius 1 is 1.17 bits per heavy atom. The van der Waals surface area contributed by atoms with Crippen molar-refractivity contribution in [1.29, 1.82) is 0 Å². The van der Waals surface area contributed by atoms with Gasteiger partial charge in [0.25, 0.3) is 0 Å². The van der Waals surface area contributed by atoms with Gasteiger partial charge in [0.15, 0.2) is 5.11 Å². The third kappa shape index (κ3) is 4.44. The van der Waals surface area contributed by atoms with Gasteiger partial charge in [-0.15, -0.1) is 11.8 Å². The molecule has 1 unspecified atom stereocenters. The van der Waals surface area contributed by atoms with Crippen LogP contribution in [0.2, 0.25) is 0 Å². The van der Waals surface area contributed by atoms with E-state index in [4.69, 9.17) is 12.2 Å². The second kappa shape index (κ2) is 8.54. The molecule has 1 aliphatic carbocycles. The van der Waals surface area contributed by atoms with Gasteiger partial charge in [-0.1, -0.05) is 6.07 Å². The number of nitrogens with zero attached hydrogens (tertiary/aromatic N) is 1. The molecule has 1 heterocycles. The number of thioether (sulfide) groups is 1. The Bertz CT molecular complexity index is 549. The van der Waals surface area contributed by atoms with E-state index in [0.29, 0.717) is 0 Å². The summed E-state index contributed by atoms with van der Waals surface area (Å²) in [5, 5.41) is 4.30. The van der Waals surface area contributed by atoms with E-state index in [0.717, 1.165) is 36.0 Å². The molecule has 1 atom stereocenters. The number of nitrogens with one attached hydrogen (secondary N) is 2. The molecular weight excluding hydrogens is 334 g/mol. The van der Waals surface area contributed by atoms with Crippen LogP contribution < -0.4 is 10.2 Å². The average Bonchev–Trinajstić information content (AvgIpc) is 3.16. The van der Waals surface area contributed by atoms with Crippen LogP contribution in [0.5, 0.6) is 0 Å². The van der Waals surface area contributed by atoms with Gasteiger partial charge in [0, 0.05) is 36.5 Å². The first-order chi connectivity index (χ1) is 11.7. The molecule has 5 heteroatoms. The summed E-state index contributed by atoms with van der Waals surface area (Å²) in [6.07, 6.45) is 10.3. The maximum atomic E-state index is 5.65. The summed E-state index contributed by atoms with van der Waals surface area (Å²) < 4.78 is 0. The van der Waals surface area contributed by atoms with Gasteiger partial charge in [0.1, 0.15) is 0 Å². The average molecular weight is 365 g/mol. The fourth-order valence-corrected chi connectivity index (χ4v) is 4.92. The van der Waals surface area contributed by atoms with E-state index < -0.39 is 0 Å². The van der Waals surface area contributed by atoms with E-state index in [1.54, 1.807) is 16.7 Å². The molecular formula is C19H30N3S2+. The normalized spacial score (nSPS) is 21.0. The first-order valence-electron chi connectivity index (χ1n) is 9.20. The Kier molecular flexibility index (Phi) is 6.42. The Morgan fingerprint density at radius 2 is 1.83 bits per heavy atom. The molecule has 3 rings (SSSR count). The molecule has 2 fully saturated rings. The lowest BCUT2D eigenvalue weighted by molar-refractivity contribution is -0.931. The Labute approximate surface area is 156 Å². The summed E-state index contributed by atoms with van der Waals surface area (Å²) in [6.45, 7) is 2.17. The number of thiocarbonyl (C=S) groups is 1. The minimum atomic E-state index is 0.812. The van der Waals surface area contributed by atoms with E-state index in [1.807, 2.05) is 0 Å². The highest BCUT2D eigenvalue weighted by Gasteiger charge is 2.32. The molecule has 1 saturated carbocycles. The minimum Gasteiger partial charge on any atom is -0.349 e. The maximum absolute atomic E-state index is 5.65. The topological polar surface area (TPSA) is 19.7 Å². The van der Waals surface area contributed by atoms with Gasteiger partial charge in [-0.25, -0.2) is 0 Å². The standard InChI is InChI=1S/C19H29N3S2/c1-21(16-7-3-4-8-16)17-10-12-22(13-11-17)19(23)20-15-6-5-9-18(14-15)24-2/h5-6,9,14,16-17H,3-4,7-8,10-13H2,1-2H3,(H,20,23)/p+1. The zero-order valence-corrected chi connectivity index (χ0v) is 16.5. The van der Waals surface area contributed by atoms with Crippen LogP contribution >= 0.6 is 24.0 Å². The molecule has 1 saturated heterocycles. The Morgan fingerprint density at radius 3 is 2.50 bits per heavy atom. The second-order valence-corrected chi connectivity index (χ2v) is 8.42. The first kappa shape index (κ1) is 18.0. The second-order valence-electron chi connectivity index (χ2n) is 7.15. The van der Waals surface area contributed by atoms with Gasteiger partial charge in [0.2, 0.25) is 0 Å². The molecule has 24 heavy (non-hydrogen) atoms. The maximum Gasteiger partial charge on any atom is 0.173 e. The zero-order valence-electron chi connectivity index (χ0n) is 14.9. The molecule has 3 nitrogen and oxygen atoms in total. The number of quaternary nitrogens is 1. The van der Waals surface area contributed by atoms with E-state index >= 15 is 0 Å². The summed E-state index contributed by atoms with van der Waals surface area (Å²) in [6, 6.07) is 10.2. The summed E-state index contributed by atoms with van der Waals surface area (Å²) in [7, 11) is 2.42. The van der Waals surface area contributed by atoms with Crippen LogP contribution in [0.4, 0.5) is 5.69 Å². The van der Waals surface area contributed by atoms with Crippen LogP contribution in [0.25, 0.3) is 0 Å². The highest BCUT2D eigenvalue weighted by Crippen LogP contribution is 2.20. The molecule has 0 amide bonds. The van der Waals surface area contributed by atoms with Gasteiger partial charge in [0.05, 0.1) is 19.1 Å². The largest absolute Gasteiger partial charge is 0.349 e. The van der Waals surface area contributed by atoms with Crippen molar-refractivity contribution >= 4 is 34.8 Å². The number of likely N-dealkylation sites (tertiary alicyclic amines) is 1. The lowest BCUT2D eigenvalue weighted by atomic mass is 10.0. The lowest BCUT2D eigenvalue weighted by Crippen LogP contribution is -3.16. The number of anilines is 1. The van der Waals surface area contributed by atoms with Crippen molar-refractivity contribution in [2.45, 2.75) is 55.5 Å². The Hall–Kier alpha value is -0.780. The van der Waals surface area contributed by atoms with Crippen LogP contribution in [0.1, 0.15) is 38.5 Å². The smallest absolute Gasteiger partial charge is 0.173 e. The number of piperidine rings is 1. The zero-order chi connectivity index (χ0) is 16.9. The van der Waals surface area contributed by atoms with Gasteiger partial charge >= 0.3 is 0 Å². The van der Waals surface area contributed by atoms with Crippen molar-refractivity contribution in [3.63, 3.8) is 0 Å². The van der Waals surface area contributed by atoms with Crippen molar-refractivity contribution < 1.29 is 4.90 Å². The number of rotatable bonds is 4. The quantitative estimate of drug-likeness (QED) is 0.632. The van der Waals surface area contributed by atoms with Crippen molar-refractivity contribution in [2.24, 2.45) is 0 Å². The summed E-state index contributed by atoms with van der Waals surface area (Å²) >= 11 is 7.41. The summed E-state index contributed by atoms with van der Waals surface area (Å²) in [4.78, 5) is 5.39. The van der Waals surface area contributed by atoms with Gasteiger partial charge in [-0.05, 0) is 62.4 Å². The van der Waals surface area contributed by atoms with Crippen molar-refractivity contribution in [3.05, 3.63) is 24.3 Å². The van der Waals surface area contributed by atoms with Crippen molar-refractivity contribution in [1.82, 2.24) is 4.90 Å². The van der Waals surface area contributed by atoms with Gasteiger partial charge < -0.3 is 15.1 Å². The molecule has 1 aliphatic heterocycles. The molecule has 0 radical (unpaired) electrons. The predicted octanol–water partition coefficient (Wildman–Crippen LogP) is 3.03. The van der Waals surface area contributed by atoms with Crippen LogP contribution in [-0.2, 0) is 0 Å². The number of hydrogen-bond donors (Lipinski definition) is 2. The number of hydrogen-bond acceptors (Lipinski definition) is 2. The third-order valence-electron chi connectivity index (χ3n) is 5.75. The van der Waals surface area contributed by atoms with E-state index in [2.05, 4.69) is 47.8 Å². The van der Waals surface area contributed by atoms with Crippen LogP contribution in [0, 0.1) is 0 Å². The highest BCUT2D eigenvalue weighted by molar-refractivity contribution is 7.98. The molecule has 0 spiro atoms. The third-order valence-corrected chi connectivity index (χ3v) is 6.83. The predicted molar refractivity (Wildman–Crippen MR) is 108 cm³/mol.